The Hall–Kier alpha value is -0.570. The third-order valence-electron chi connectivity index (χ3n) is 2.59. The highest BCUT2D eigenvalue weighted by Crippen LogP contribution is 2.17. The number of rotatable bonds is 9. The summed E-state index contributed by atoms with van der Waals surface area (Å²) in [4.78, 5) is 0.276. The molecule has 1 aromatic rings. The van der Waals surface area contributed by atoms with Gasteiger partial charge in [0.2, 0.25) is 10.0 Å². The number of H-pyrrole nitrogens is 1. The fraction of sp³-hybridized carbons (Fsp3) is 0.727. The second-order valence-corrected chi connectivity index (χ2v) is 6.84. The molecule has 19 heavy (non-hydrogen) atoms. The molecule has 0 aliphatic heterocycles. The molecule has 0 fully saturated rings. The van der Waals surface area contributed by atoms with Crippen LogP contribution < -0.4 is 10.0 Å². The Kier molecular flexibility index (Phi) is 6.84. The Morgan fingerprint density at radius 2 is 2.16 bits per heavy atom. The first kappa shape index (κ1) is 16.5. The average molecular weight is 306 g/mol. The lowest BCUT2D eigenvalue weighted by atomic mass is 10.3. The van der Waals surface area contributed by atoms with E-state index in [-0.39, 0.29) is 4.90 Å². The van der Waals surface area contributed by atoms with Crippen LogP contribution in [0.15, 0.2) is 4.90 Å². The highest BCUT2D eigenvalue weighted by Gasteiger charge is 2.23. The maximum Gasteiger partial charge on any atom is 0.244 e. The number of nitrogens with zero attached hydrogens (tertiary/aromatic N) is 1. The summed E-state index contributed by atoms with van der Waals surface area (Å²) in [6.45, 7) is 5.36. The number of nitrogens with one attached hydrogen (secondary N) is 3. The van der Waals surface area contributed by atoms with Crippen LogP contribution in [0.2, 0.25) is 0 Å². The number of hydrogen-bond acceptors (Lipinski definition) is 5. The van der Waals surface area contributed by atoms with Gasteiger partial charge in [0.05, 0.1) is 11.4 Å². The van der Waals surface area contributed by atoms with Gasteiger partial charge in [-0.05, 0) is 31.9 Å². The van der Waals surface area contributed by atoms with E-state index >= 15 is 0 Å². The van der Waals surface area contributed by atoms with Gasteiger partial charge >= 0.3 is 0 Å². The zero-order valence-corrected chi connectivity index (χ0v) is 13.2. The van der Waals surface area contributed by atoms with E-state index in [1.54, 1.807) is 18.7 Å². The van der Waals surface area contributed by atoms with Crippen molar-refractivity contribution in [3.8, 4) is 0 Å². The molecule has 1 rings (SSSR count). The molecule has 0 spiro atoms. The van der Waals surface area contributed by atoms with Gasteiger partial charge in [-0.1, -0.05) is 6.92 Å². The minimum Gasteiger partial charge on any atom is -0.311 e. The first-order valence-electron chi connectivity index (χ1n) is 6.26. The molecule has 3 N–H and O–H groups in total. The lowest BCUT2D eigenvalue weighted by Gasteiger charge is -2.08. The molecule has 6 nitrogen and oxygen atoms in total. The summed E-state index contributed by atoms with van der Waals surface area (Å²) in [7, 11) is -3.48. The molecule has 0 aromatic carbocycles. The van der Waals surface area contributed by atoms with Crippen molar-refractivity contribution in [2.45, 2.75) is 31.7 Å². The van der Waals surface area contributed by atoms with Crippen molar-refractivity contribution < 1.29 is 8.42 Å². The Morgan fingerprint density at radius 3 is 2.79 bits per heavy atom. The topological polar surface area (TPSA) is 86.9 Å². The molecule has 8 heteroatoms. The van der Waals surface area contributed by atoms with Gasteiger partial charge in [-0.3, -0.25) is 5.10 Å². The number of thioether (sulfide) groups is 1. The first-order valence-corrected chi connectivity index (χ1v) is 9.13. The van der Waals surface area contributed by atoms with E-state index in [2.05, 4.69) is 20.2 Å². The van der Waals surface area contributed by atoms with Crippen molar-refractivity contribution in [1.82, 2.24) is 20.2 Å². The standard InChI is InChI=1S/C11H22N4O2S2/c1-4-12-8-10-11(9(2)14-15-10)19(16,17)13-6-5-7-18-3/h12-13H,4-8H2,1-3H3,(H,14,15). The molecule has 110 valence electrons. The highest BCUT2D eigenvalue weighted by atomic mass is 32.2. The third kappa shape index (κ3) is 4.79. The van der Waals surface area contributed by atoms with Crippen LogP contribution in [0.1, 0.15) is 24.7 Å². The molecule has 0 atom stereocenters. The van der Waals surface area contributed by atoms with E-state index < -0.39 is 10.0 Å². The largest absolute Gasteiger partial charge is 0.311 e. The van der Waals surface area contributed by atoms with Crippen LogP contribution in [0.25, 0.3) is 0 Å². The summed E-state index contributed by atoms with van der Waals surface area (Å²) in [5.74, 6) is 0.942. The second kappa shape index (κ2) is 7.88. The molecule has 0 saturated carbocycles. The number of sulfonamides is 1. The lowest BCUT2D eigenvalue weighted by molar-refractivity contribution is 0.577. The van der Waals surface area contributed by atoms with Crippen molar-refractivity contribution in [3.05, 3.63) is 11.4 Å². The van der Waals surface area contributed by atoms with Crippen LogP contribution in [0.3, 0.4) is 0 Å². The van der Waals surface area contributed by atoms with Crippen LogP contribution in [0.5, 0.6) is 0 Å². The van der Waals surface area contributed by atoms with Gasteiger partial charge in [-0.2, -0.15) is 16.9 Å². The number of aromatic nitrogens is 2. The van der Waals surface area contributed by atoms with E-state index in [4.69, 9.17) is 0 Å². The summed E-state index contributed by atoms with van der Waals surface area (Å²) in [6.07, 6.45) is 2.82. The Morgan fingerprint density at radius 1 is 1.42 bits per heavy atom. The van der Waals surface area contributed by atoms with Gasteiger partial charge in [0.25, 0.3) is 0 Å². The van der Waals surface area contributed by atoms with Crippen molar-refractivity contribution in [3.63, 3.8) is 0 Å². The lowest BCUT2D eigenvalue weighted by Crippen LogP contribution is -2.27. The van der Waals surface area contributed by atoms with Crippen molar-refractivity contribution >= 4 is 21.8 Å². The van der Waals surface area contributed by atoms with E-state index in [9.17, 15) is 8.42 Å². The minimum atomic E-state index is -3.48. The highest BCUT2D eigenvalue weighted by molar-refractivity contribution is 7.98. The van der Waals surface area contributed by atoms with Crippen molar-refractivity contribution in [2.24, 2.45) is 0 Å². The summed E-state index contributed by atoms with van der Waals surface area (Å²) in [5, 5.41) is 9.88. The number of hydrogen-bond donors (Lipinski definition) is 3. The predicted octanol–water partition coefficient (Wildman–Crippen LogP) is 0.859. The summed E-state index contributed by atoms with van der Waals surface area (Å²) < 4.78 is 27.1. The maximum absolute atomic E-state index is 12.3. The van der Waals surface area contributed by atoms with Gasteiger partial charge < -0.3 is 5.32 Å². The van der Waals surface area contributed by atoms with E-state index in [0.717, 1.165) is 18.7 Å². The van der Waals surface area contributed by atoms with Gasteiger partial charge in [0.1, 0.15) is 4.90 Å². The Bertz CT molecular complexity index is 485. The minimum absolute atomic E-state index is 0.276. The Balaban J connectivity index is 2.78. The van der Waals surface area contributed by atoms with Gasteiger partial charge in [-0.15, -0.1) is 0 Å². The normalized spacial score (nSPS) is 11.9. The summed E-state index contributed by atoms with van der Waals surface area (Å²) >= 11 is 1.70. The average Bonchev–Trinajstić information content (AvgIpc) is 2.74. The molecule has 1 heterocycles. The zero-order valence-electron chi connectivity index (χ0n) is 11.6. The molecule has 1 aromatic heterocycles. The zero-order chi connectivity index (χ0) is 14.3. The molecule has 0 saturated heterocycles. The fourth-order valence-corrected chi connectivity index (χ4v) is 3.55. The van der Waals surface area contributed by atoms with Gasteiger partial charge in [0.15, 0.2) is 0 Å². The van der Waals surface area contributed by atoms with E-state index in [0.29, 0.717) is 24.5 Å². The van der Waals surface area contributed by atoms with E-state index in [1.807, 2.05) is 13.2 Å². The van der Waals surface area contributed by atoms with Crippen molar-refractivity contribution in [1.29, 1.82) is 0 Å². The quantitative estimate of drug-likeness (QED) is 0.589. The number of aromatic amines is 1. The van der Waals surface area contributed by atoms with Crippen LogP contribution in [0.4, 0.5) is 0 Å². The molecule has 0 bridgehead atoms. The maximum atomic E-state index is 12.3. The van der Waals surface area contributed by atoms with E-state index in [1.165, 1.54) is 0 Å². The van der Waals surface area contributed by atoms with Crippen LogP contribution in [-0.4, -0.2) is 43.7 Å². The van der Waals surface area contributed by atoms with Crippen LogP contribution in [-0.2, 0) is 16.6 Å². The monoisotopic (exact) mass is 306 g/mol. The summed E-state index contributed by atoms with van der Waals surface area (Å²) in [6, 6.07) is 0. The molecule has 0 amide bonds. The molecular formula is C11H22N4O2S2. The predicted molar refractivity (Wildman–Crippen MR) is 78.9 cm³/mol. The smallest absolute Gasteiger partial charge is 0.244 e. The number of aryl methyl sites for hydroxylation is 1. The van der Waals surface area contributed by atoms with Crippen molar-refractivity contribution in [2.75, 3.05) is 25.1 Å². The molecule has 0 unspecified atom stereocenters. The molecule has 0 aliphatic carbocycles. The van der Waals surface area contributed by atoms with Crippen LogP contribution >= 0.6 is 11.8 Å². The first-order chi connectivity index (χ1) is 9.03. The Labute approximate surface area is 119 Å². The molecular weight excluding hydrogens is 284 g/mol. The second-order valence-electron chi connectivity index (χ2n) is 4.15. The molecule has 0 aliphatic rings. The van der Waals surface area contributed by atoms with Gasteiger partial charge in [-0.25, -0.2) is 13.1 Å². The van der Waals surface area contributed by atoms with Gasteiger partial charge in [0, 0.05) is 13.1 Å². The summed E-state index contributed by atoms with van der Waals surface area (Å²) in [5.41, 5.74) is 1.11. The SMILES string of the molecule is CCNCc1n[nH]c(C)c1S(=O)(=O)NCCCSC. The third-order valence-corrected chi connectivity index (χ3v) is 4.95. The molecule has 0 radical (unpaired) electrons. The fourth-order valence-electron chi connectivity index (χ4n) is 1.68. The van der Waals surface area contributed by atoms with Crippen LogP contribution in [0, 0.1) is 6.92 Å².